The number of fused-ring (bicyclic) bond motifs is 1. The van der Waals surface area contributed by atoms with Gasteiger partial charge in [0.1, 0.15) is 0 Å². The second kappa shape index (κ2) is 3.84. The smallest absolute Gasteiger partial charge is 0.335 e. The third kappa shape index (κ3) is 2.61. The van der Waals surface area contributed by atoms with Crippen molar-refractivity contribution in [1.29, 1.82) is 0 Å². The highest BCUT2D eigenvalue weighted by Crippen LogP contribution is 2.18. The first-order valence-corrected chi connectivity index (χ1v) is 5.44. The molecule has 5 nitrogen and oxygen atoms in total. The molecule has 0 aliphatic carbocycles. The van der Waals surface area contributed by atoms with Crippen LogP contribution in [-0.2, 0) is 6.42 Å². The molecule has 0 atom stereocenters. The minimum atomic E-state index is -0.951. The average Bonchev–Trinajstić information content (AvgIpc) is 2.54. The zero-order valence-corrected chi connectivity index (χ0v) is 10.1. The van der Waals surface area contributed by atoms with Gasteiger partial charge in [-0.3, -0.25) is 0 Å². The van der Waals surface area contributed by atoms with Crippen LogP contribution in [0.4, 0.5) is 0 Å². The van der Waals surface area contributed by atoms with Crippen LogP contribution in [0.2, 0.25) is 0 Å². The highest BCUT2D eigenvalue weighted by molar-refractivity contribution is 5.88. The number of aromatic nitrogens is 3. The SMILES string of the molecule is CC(C)(C)Cc1nc2cc(C(=O)O)ccn2n1. The largest absolute Gasteiger partial charge is 0.478 e. The van der Waals surface area contributed by atoms with Gasteiger partial charge in [-0.05, 0) is 17.5 Å². The van der Waals surface area contributed by atoms with Crippen molar-refractivity contribution in [2.75, 3.05) is 0 Å². The van der Waals surface area contributed by atoms with Gasteiger partial charge >= 0.3 is 5.97 Å². The lowest BCUT2D eigenvalue weighted by atomic mass is 9.92. The number of carboxylic acids is 1. The lowest BCUT2D eigenvalue weighted by molar-refractivity contribution is 0.0697. The van der Waals surface area contributed by atoms with Crippen LogP contribution in [0, 0.1) is 5.41 Å². The molecule has 0 amide bonds. The molecule has 0 aliphatic rings. The second-order valence-electron chi connectivity index (χ2n) is 5.29. The van der Waals surface area contributed by atoms with Crippen LogP contribution in [0.3, 0.4) is 0 Å². The molecule has 0 unspecified atom stereocenters. The van der Waals surface area contributed by atoms with E-state index in [1.54, 1.807) is 10.7 Å². The maximum atomic E-state index is 10.8. The molecule has 0 fully saturated rings. The van der Waals surface area contributed by atoms with Gasteiger partial charge in [-0.2, -0.15) is 5.10 Å². The topological polar surface area (TPSA) is 67.5 Å². The molecule has 5 heteroatoms. The summed E-state index contributed by atoms with van der Waals surface area (Å²) in [5, 5.41) is 13.2. The Balaban J connectivity index is 2.40. The first kappa shape index (κ1) is 11.6. The number of nitrogens with zero attached hydrogens (tertiary/aromatic N) is 3. The lowest BCUT2D eigenvalue weighted by Gasteiger charge is -2.14. The second-order valence-corrected chi connectivity index (χ2v) is 5.29. The van der Waals surface area contributed by atoms with Gasteiger partial charge in [0.05, 0.1) is 5.56 Å². The normalized spacial score (nSPS) is 11.9. The summed E-state index contributed by atoms with van der Waals surface area (Å²) in [6.45, 7) is 6.34. The van der Waals surface area contributed by atoms with Gasteiger partial charge in [-0.15, -0.1) is 0 Å². The van der Waals surface area contributed by atoms with E-state index in [1.165, 1.54) is 12.1 Å². The van der Waals surface area contributed by atoms with Crippen LogP contribution in [0.25, 0.3) is 5.65 Å². The summed E-state index contributed by atoms with van der Waals surface area (Å²) in [6, 6.07) is 3.05. The van der Waals surface area contributed by atoms with Crippen LogP contribution < -0.4 is 0 Å². The van der Waals surface area contributed by atoms with E-state index in [0.717, 1.165) is 12.2 Å². The number of rotatable bonds is 2. The van der Waals surface area contributed by atoms with Crippen LogP contribution in [0.15, 0.2) is 18.3 Å². The van der Waals surface area contributed by atoms with Gasteiger partial charge in [-0.25, -0.2) is 14.3 Å². The molecule has 0 radical (unpaired) electrons. The minimum Gasteiger partial charge on any atom is -0.478 e. The van der Waals surface area contributed by atoms with E-state index < -0.39 is 5.97 Å². The zero-order valence-electron chi connectivity index (χ0n) is 10.1. The Morgan fingerprint density at radius 2 is 2.18 bits per heavy atom. The number of hydrogen-bond acceptors (Lipinski definition) is 3. The highest BCUT2D eigenvalue weighted by Gasteiger charge is 2.15. The molecule has 0 aliphatic heterocycles. The number of carbonyl (C=O) groups is 1. The number of carboxylic acid groups (broad SMARTS) is 1. The van der Waals surface area contributed by atoms with E-state index in [0.29, 0.717) is 5.65 Å². The van der Waals surface area contributed by atoms with Crippen molar-refractivity contribution in [3.05, 3.63) is 29.7 Å². The van der Waals surface area contributed by atoms with Crippen molar-refractivity contribution >= 4 is 11.6 Å². The molecule has 90 valence electrons. The van der Waals surface area contributed by atoms with Crippen LogP contribution >= 0.6 is 0 Å². The third-order valence-electron chi connectivity index (χ3n) is 2.32. The van der Waals surface area contributed by atoms with Gasteiger partial charge in [-0.1, -0.05) is 20.8 Å². The molecule has 0 aromatic carbocycles. The first-order valence-electron chi connectivity index (χ1n) is 5.44. The Morgan fingerprint density at radius 1 is 1.47 bits per heavy atom. The summed E-state index contributed by atoms with van der Waals surface area (Å²) in [4.78, 5) is 15.2. The van der Waals surface area contributed by atoms with E-state index in [9.17, 15) is 4.79 Å². The quantitative estimate of drug-likeness (QED) is 0.861. The first-order chi connectivity index (χ1) is 7.85. The average molecular weight is 233 g/mol. The number of hydrogen-bond donors (Lipinski definition) is 1. The van der Waals surface area contributed by atoms with Gasteiger partial charge in [0, 0.05) is 12.6 Å². The van der Waals surface area contributed by atoms with E-state index >= 15 is 0 Å². The molecule has 0 spiro atoms. The van der Waals surface area contributed by atoms with E-state index in [4.69, 9.17) is 5.11 Å². The Kier molecular flexibility index (Phi) is 2.61. The van der Waals surface area contributed by atoms with Gasteiger partial charge in [0.2, 0.25) is 0 Å². The Bertz CT molecular complexity index is 567. The fraction of sp³-hybridized carbons (Fsp3) is 0.417. The predicted molar refractivity (Wildman–Crippen MR) is 63.1 cm³/mol. The van der Waals surface area contributed by atoms with Gasteiger partial charge in [0.25, 0.3) is 0 Å². The molecule has 2 aromatic heterocycles. The standard InChI is InChI=1S/C12H15N3O2/c1-12(2,3)7-9-13-10-6-8(11(16)17)4-5-15(10)14-9/h4-6H,7H2,1-3H3,(H,16,17). The van der Waals surface area contributed by atoms with Crippen molar-refractivity contribution in [3.8, 4) is 0 Å². The summed E-state index contributed by atoms with van der Waals surface area (Å²) >= 11 is 0. The van der Waals surface area contributed by atoms with E-state index in [2.05, 4.69) is 30.9 Å². The Morgan fingerprint density at radius 3 is 2.76 bits per heavy atom. The zero-order chi connectivity index (χ0) is 12.6. The summed E-state index contributed by atoms with van der Waals surface area (Å²) in [7, 11) is 0. The van der Waals surface area contributed by atoms with Gasteiger partial charge in [0.15, 0.2) is 11.5 Å². The minimum absolute atomic E-state index is 0.112. The highest BCUT2D eigenvalue weighted by atomic mass is 16.4. The Hall–Kier alpha value is -1.91. The molecular formula is C12H15N3O2. The van der Waals surface area contributed by atoms with Crippen LogP contribution in [-0.4, -0.2) is 25.7 Å². The van der Waals surface area contributed by atoms with Crippen molar-refractivity contribution in [2.45, 2.75) is 27.2 Å². The molecular weight excluding hydrogens is 218 g/mol. The van der Waals surface area contributed by atoms with E-state index in [-0.39, 0.29) is 11.0 Å². The van der Waals surface area contributed by atoms with Gasteiger partial charge < -0.3 is 5.11 Å². The molecule has 2 rings (SSSR count). The maximum absolute atomic E-state index is 10.8. The van der Waals surface area contributed by atoms with Crippen LogP contribution in [0.5, 0.6) is 0 Å². The third-order valence-corrected chi connectivity index (χ3v) is 2.32. The van der Waals surface area contributed by atoms with Crippen molar-refractivity contribution in [3.63, 3.8) is 0 Å². The van der Waals surface area contributed by atoms with Crippen molar-refractivity contribution < 1.29 is 9.90 Å². The van der Waals surface area contributed by atoms with E-state index in [1.807, 2.05) is 0 Å². The molecule has 0 saturated carbocycles. The molecule has 0 saturated heterocycles. The predicted octanol–water partition coefficient (Wildman–Crippen LogP) is 2.02. The summed E-state index contributed by atoms with van der Waals surface area (Å²) < 4.78 is 1.60. The Labute approximate surface area is 99.1 Å². The summed E-state index contributed by atoms with van der Waals surface area (Å²) in [5.41, 5.74) is 0.914. The fourth-order valence-corrected chi connectivity index (χ4v) is 1.61. The summed E-state index contributed by atoms with van der Waals surface area (Å²) in [5.74, 6) is -0.215. The maximum Gasteiger partial charge on any atom is 0.335 e. The molecule has 0 bridgehead atoms. The fourth-order valence-electron chi connectivity index (χ4n) is 1.61. The molecule has 2 aromatic rings. The molecule has 1 N–H and O–H groups in total. The molecule has 2 heterocycles. The number of pyridine rings is 1. The molecule has 17 heavy (non-hydrogen) atoms. The van der Waals surface area contributed by atoms with Crippen LogP contribution in [0.1, 0.15) is 37.0 Å². The number of aromatic carboxylic acids is 1. The monoisotopic (exact) mass is 233 g/mol. The van der Waals surface area contributed by atoms with Crippen molar-refractivity contribution in [1.82, 2.24) is 14.6 Å². The summed E-state index contributed by atoms with van der Waals surface area (Å²) in [6.07, 6.45) is 2.38. The lowest BCUT2D eigenvalue weighted by Crippen LogP contribution is -2.10. The van der Waals surface area contributed by atoms with Crippen molar-refractivity contribution in [2.24, 2.45) is 5.41 Å².